The number of nitrogens with zero attached hydrogens (tertiary/aromatic N) is 2. The highest BCUT2D eigenvalue weighted by Gasteiger charge is 2.34. The van der Waals surface area contributed by atoms with Crippen molar-refractivity contribution in [2.45, 2.75) is 23.8 Å². The van der Waals surface area contributed by atoms with Crippen LogP contribution in [0.3, 0.4) is 0 Å². The van der Waals surface area contributed by atoms with Crippen molar-refractivity contribution in [3.8, 4) is 0 Å². The van der Waals surface area contributed by atoms with Gasteiger partial charge in [0.05, 0.1) is 24.5 Å². The Hall–Kier alpha value is -1.29. The fourth-order valence-electron chi connectivity index (χ4n) is 1.66. The van der Waals surface area contributed by atoms with Crippen LogP contribution in [0.2, 0.25) is 0 Å². The molecule has 9 heteroatoms. The van der Waals surface area contributed by atoms with Crippen molar-refractivity contribution in [3.05, 3.63) is 12.4 Å². The van der Waals surface area contributed by atoms with Gasteiger partial charge in [-0.2, -0.15) is 0 Å². The highest BCUT2D eigenvalue weighted by Crippen LogP contribution is 2.20. The number of rotatable bonds is 4. The molecule has 1 aliphatic rings. The molecule has 18 heavy (non-hydrogen) atoms. The summed E-state index contributed by atoms with van der Waals surface area (Å²) in [6.45, 7) is 2.70. The molecular weight excluding hydrogens is 258 g/mol. The lowest BCUT2D eigenvalue weighted by atomic mass is 10.0. The molecule has 1 unspecified atom stereocenters. The lowest BCUT2D eigenvalue weighted by Crippen LogP contribution is -2.46. The van der Waals surface area contributed by atoms with Crippen LogP contribution in [0.15, 0.2) is 17.3 Å². The first-order valence-corrected chi connectivity index (χ1v) is 6.84. The predicted molar refractivity (Wildman–Crippen MR) is 64.0 cm³/mol. The minimum absolute atomic E-state index is 0.00498. The van der Waals surface area contributed by atoms with Crippen LogP contribution in [0.4, 0.5) is 5.95 Å². The minimum atomic E-state index is -3.65. The van der Waals surface area contributed by atoms with Crippen LogP contribution >= 0.6 is 0 Å². The van der Waals surface area contributed by atoms with Crippen molar-refractivity contribution in [1.29, 1.82) is 0 Å². The minimum Gasteiger partial charge on any atom is -0.379 e. The number of nitrogen functional groups attached to an aromatic ring is 1. The Balaban J connectivity index is 2.19. The van der Waals surface area contributed by atoms with Gasteiger partial charge >= 0.3 is 0 Å². The van der Waals surface area contributed by atoms with Crippen molar-refractivity contribution < 1.29 is 13.2 Å². The standard InChI is InChI=1S/C9H15N5O3S/c1-9(2-3-17-6-9)14-18(15,16)7-4-11-8(13-10)12-5-7/h4-5,14H,2-3,6,10H2,1H3,(H,11,12,13). The first kappa shape index (κ1) is 13.1. The second-order valence-electron chi connectivity index (χ2n) is 4.36. The summed E-state index contributed by atoms with van der Waals surface area (Å²) in [5, 5.41) is 0. The van der Waals surface area contributed by atoms with Gasteiger partial charge in [0.25, 0.3) is 0 Å². The van der Waals surface area contributed by atoms with Crippen molar-refractivity contribution in [2.75, 3.05) is 18.6 Å². The van der Waals surface area contributed by atoms with E-state index in [1.165, 1.54) is 12.4 Å². The van der Waals surface area contributed by atoms with Crippen LogP contribution in [0, 0.1) is 0 Å². The molecule has 2 heterocycles. The molecule has 1 aliphatic heterocycles. The molecule has 2 rings (SSSR count). The Bertz CT molecular complexity index is 510. The maximum absolute atomic E-state index is 12.1. The largest absolute Gasteiger partial charge is 0.379 e. The summed E-state index contributed by atoms with van der Waals surface area (Å²) < 4.78 is 32.0. The van der Waals surface area contributed by atoms with Gasteiger partial charge in [0.2, 0.25) is 16.0 Å². The average molecular weight is 273 g/mol. The van der Waals surface area contributed by atoms with Gasteiger partial charge in [-0.25, -0.2) is 29.0 Å². The number of hydrazine groups is 1. The zero-order chi connectivity index (χ0) is 13.2. The zero-order valence-electron chi connectivity index (χ0n) is 9.88. The van der Waals surface area contributed by atoms with Gasteiger partial charge in [0.1, 0.15) is 4.90 Å². The molecule has 0 bridgehead atoms. The molecule has 1 saturated heterocycles. The molecule has 0 amide bonds. The molecule has 0 radical (unpaired) electrons. The second kappa shape index (κ2) is 4.76. The topological polar surface area (TPSA) is 119 Å². The van der Waals surface area contributed by atoms with Gasteiger partial charge < -0.3 is 4.74 Å². The Morgan fingerprint density at radius 1 is 1.44 bits per heavy atom. The number of hydrogen-bond acceptors (Lipinski definition) is 7. The summed E-state index contributed by atoms with van der Waals surface area (Å²) in [5.74, 6) is 5.26. The normalized spacial score (nSPS) is 24.1. The third-order valence-corrected chi connectivity index (χ3v) is 4.26. The van der Waals surface area contributed by atoms with E-state index in [0.29, 0.717) is 19.6 Å². The predicted octanol–water partition coefficient (Wildman–Crippen LogP) is -0.780. The van der Waals surface area contributed by atoms with E-state index in [2.05, 4.69) is 20.1 Å². The zero-order valence-corrected chi connectivity index (χ0v) is 10.7. The first-order valence-electron chi connectivity index (χ1n) is 5.36. The van der Waals surface area contributed by atoms with Gasteiger partial charge in [-0.05, 0) is 13.3 Å². The Kier molecular flexibility index (Phi) is 3.48. The number of nitrogens with two attached hydrogens (primary N) is 1. The van der Waals surface area contributed by atoms with E-state index in [4.69, 9.17) is 10.6 Å². The van der Waals surface area contributed by atoms with Crippen LogP contribution in [0.1, 0.15) is 13.3 Å². The number of aromatic nitrogens is 2. The molecule has 1 aromatic rings. The van der Waals surface area contributed by atoms with E-state index in [-0.39, 0.29) is 10.8 Å². The van der Waals surface area contributed by atoms with Crippen LogP contribution in [0.5, 0.6) is 0 Å². The van der Waals surface area contributed by atoms with Crippen LogP contribution in [-0.2, 0) is 14.8 Å². The number of hydrogen-bond donors (Lipinski definition) is 3. The van der Waals surface area contributed by atoms with Crippen molar-refractivity contribution in [3.63, 3.8) is 0 Å². The molecular formula is C9H15N5O3S. The summed E-state index contributed by atoms with van der Waals surface area (Å²) in [5.41, 5.74) is 1.65. The fourth-order valence-corrected chi connectivity index (χ4v) is 2.97. The number of ether oxygens (including phenoxy) is 1. The van der Waals surface area contributed by atoms with E-state index in [9.17, 15) is 8.42 Å². The van der Waals surface area contributed by atoms with Gasteiger partial charge in [-0.1, -0.05) is 0 Å². The van der Waals surface area contributed by atoms with Crippen LogP contribution in [-0.4, -0.2) is 37.1 Å². The number of anilines is 1. The molecule has 1 fully saturated rings. The van der Waals surface area contributed by atoms with Gasteiger partial charge in [-0.15, -0.1) is 0 Å². The molecule has 0 aromatic carbocycles. The maximum atomic E-state index is 12.1. The lowest BCUT2D eigenvalue weighted by Gasteiger charge is -2.22. The van der Waals surface area contributed by atoms with E-state index in [1.54, 1.807) is 6.92 Å². The number of sulfonamides is 1. The van der Waals surface area contributed by atoms with Gasteiger partial charge in [-0.3, -0.25) is 5.43 Å². The summed E-state index contributed by atoms with van der Waals surface area (Å²) >= 11 is 0. The molecule has 4 N–H and O–H groups in total. The second-order valence-corrected chi connectivity index (χ2v) is 6.04. The Morgan fingerprint density at radius 3 is 2.61 bits per heavy atom. The third-order valence-electron chi connectivity index (χ3n) is 2.67. The quantitative estimate of drug-likeness (QED) is 0.486. The summed E-state index contributed by atoms with van der Waals surface area (Å²) in [6.07, 6.45) is 3.03. The maximum Gasteiger partial charge on any atom is 0.244 e. The van der Waals surface area contributed by atoms with Crippen molar-refractivity contribution in [1.82, 2.24) is 14.7 Å². The molecule has 0 aliphatic carbocycles. The molecule has 1 aromatic heterocycles. The van der Waals surface area contributed by atoms with Crippen molar-refractivity contribution >= 4 is 16.0 Å². The lowest BCUT2D eigenvalue weighted by molar-refractivity contribution is 0.178. The smallest absolute Gasteiger partial charge is 0.244 e. The molecule has 1 atom stereocenters. The van der Waals surface area contributed by atoms with Crippen LogP contribution in [0.25, 0.3) is 0 Å². The summed E-state index contributed by atoms with van der Waals surface area (Å²) in [4.78, 5) is 7.52. The molecule has 100 valence electrons. The van der Waals surface area contributed by atoms with Gasteiger partial charge in [0.15, 0.2) is 0 Å². The highest BCUT2D eigenvalue weighted by molar-refractivity contribution is 7.89. The van der Waals surface area contributed by atoms with Crippen LogP contribution < -0.4 is 16.0 Å². The highest BCUT2D eigenvalue weighted by atomic mass is 32.2. The third kappa shape index (κ3) is 2.75. The van der Waals surface area contributed by atoms with Crippen molar-refractivity contribution in [2.24, 2.45) is 5.84 Å². The van der Waals surface area contributed by atoms with E-state index in [1.807, 2.05) is 0 Å². The monoisotopic (exact) mass is 273 g/mol. The molecule has 0 spiro atoms. The first-order chi connectivity index (χ1) is 8.45. The summed E-state index contributed by atoms with van der Waals surface area (Å²) in [6, 6.07) is 0. The average Bonchev–Trinajstić information content (AvgIpc) is 2.75. The SMILES string of the molecule is CC1(NS(=O)(=O)c2cnc(NN)nc2)CCOC1. The van der Waals surface area contributed by atoms with Gasteiger partial charge in [0, 0.05) is 6.61 Å². The molecule has 0 saturated carbocycles. The van der Waals surface area contributed by atoms with E-state index < -0.39 is 15.6 Å². The Labute approximate surface area is 105 Å². The summed E-state index contributed by atoms with van der Waals surface area (Å²) in [7, 11) is -3.65. The molecule has 8 nitrogen and oxygen atoms in total. The number of nitrogens with one attached hydrogen (secondary N) is 2. The van der Waals surface area contributed by atoms with E-state index in [0.717, 1.165) is 0 Å². The fraction of sp³-hybridized carbons (Fsp3) is 0.556. The Morgan fingerprint density at radius 2 is 2.11 bits per heavy atom. The van der Waals surface area contributed by atoms with E-state index >= 15 is 0 Å².